The summed E-state index contributed by atoms with van der Waals surface area (Å²) in [6.07, 6.45) is 2.16. The van der Waals surface area contributed by atoms with Crippen LogP contribution in [0.3, 0.4) is 0 Å². The monoisotopic (exact) mass is 339 g/mol. The first-order valence-corrected chi connectivity index (χ1v) is 7.55. The van der Waals surface area contributed by atoms with Gasteiger partial charge in [0.2, 0.25) is 0 Å². The molecule has 1 aliphatic carbocycles. The predicted molar refractivity (Wildman–Crippen MR) is 80.1 cm³/mol. The van der Waals surface area contributed by atoms with E-state index in [0.29, 0.717) is 23.9 Å². The molecule has 1 amide bonds. The van der Waals surface area contributed by atoms with Crippen molar-refractivity contribution >= 4 is 27.6 Å². The maximum absolute atomic E-state index is 12.1. The molecule has 108 valence electrons. The van der Waals surface area contributed by atoms with Crippen LogP contribution in [0.4, 0.5) is 0 Å². The number of hydrogen-bond acceptors (Lipinski definition) is 3. The van der Waals surface area contributed by atoms with E-state index in [2.05, 4.69) is 15.9 Å². The topological polar surface area (TPSA) is 46.6 Å². The molecule has 0 spiro atoms. The van der Waals surface area contributed by atoms with Gasteiger partial charge in [0.25, 0.3) is 5.91 Å². The predicted octanol–water partition coefficient (Wildman–Crippen LogP) is 3.04. The summed E-state index contributed by atoms with van der Waals surface area (Å²) in [7, 11) is 0. The molecule has 1 fully saturated rings. The van der Waals surface area contributed by atoms with Crippen LogP contribution in [0.25, 0.3) is 0 Å². The Morgan fingerprint density at radius 1 is 1.40 bits per heavy atom. The van der Waals surface area contributed by atoms with E-state index in [1.54, 1.807) is 18.2 Å². The lowest BCUT2D eigenvalue weighted by atomic mass is 10.1. The highest BCUT2D eigenvalue weighted by atomic mass is 79.9. The van der Waals surface area contributed by atoms with E-state index in [-0.39, 0.29) is 18.3 Å². The largest absolute Gasteiger partial charge is 0.483 e. The number of carbonyl (C=O) groups is 2. The summed E-state index contributed by atoms with van der Waals surface area (Å²) >= 11 is 3.34. The van der Waals surface area contributed by atoms with Crippen molar-refractivity contribution in [3.63, 3.8) is 0 Å². The summed E-state index contributed by atoms with van der Waals surface area (Å²) in [5, 5.41) is 0. The van der Waals surface area contributed by atoms with Crippen molar-refractivity contribution in [3.05, 3.63) is 28.2 Å². The minimum Gasteiger partial charge on any atom is -0.483 e. The Morgan fingerprint density at radius 3 is 2.65 bits per heavy atom. The van der Waals surface area contributed by atoms with Gasteiger partial charge in [-0.15, -0.1) is 0 Å². The fraction of sp³-hybridized carbons (Fsp3) is 0.467. The van der Waals surface area contributed by atoms with E-state index in [9.17, 15) is 9.59 Å². The summed E-state index contributed by atoms with van der Waals surface area (Å²) in [5.74, 6) is 0.353. The molecule has 1 aliphatic rings. The molecule has 0 aromatic heterocycles. The van der Waals surface area contributed by atoms with Gasteiger partial charge in [-0.05, 0) is 44.9 Å². The molecule has 0 atom stereocenters. The van der Waals surface area contributed by atoms with E-state index in [1.807, 2.05) is 11.8 Å². The molecule has 0 saturated heterocycles. The first-order chi connectivity index (χ1) is 9.52. The summed E-state index contributed by atoms with van der Waals surface area (Å²) < 4.78 is 6.38. The highest BCUT2D eigenvalue weighted by Gasteiger charge is 2.31. The van der Waals surface area contributed by atoms with Crippen molar-refractivity contribution < 1.29 is 14.3 Å². The van der Waals surface area contributed by atoms with Crippen molar-refractivity contribution in [2.45, 2.75) is 32.7 Å². The second-order valence-electron chi connectivity index (χ2n) is 4.90. The molecule has 1 aromatic rings. The quantitative estimate of drug-likeness (QED) is 0.748. The molecule has 0 N–H and O–H groups in total. The van der Waals surface area contributed by atoms with E-state index in [4.69, 9.17) is 4.74 Å². The Bertz CT molecular complexity index is 526. The van der Waals surface area contributed by atoms with E-state index >= 15 is 0 Å². The third kappa shape index (κ3) is 3.60. The summed E-state index contributed by atoms with van der Waals surface area (Å²) in [6, 6.07) is 5.58. The van der Waals surface area contributed by atoms with E-state index in [1.165, 1.54) is 6.92 Å². The Kier molecular flexibility index (Phi) is 4.81. The average Bonchev–Trinajstić information content (AvgIpc) is 3.21. The van der Waals surface area contributed by atoms with Crippen molar-refractivity contribution in [2.75, 3.05) is 13.2 Å². The summed E-state index contributed by atoms with van der Waals surface area (Å²) in [5.41, 5.74) is 0.496. The number of ether oxygens (including phenoxy) is 1. The number of benzene rings is 1. The third-order valence-electron chi connectivity index (χ3n) is 3.32. The summed E-state index contributed by atoms with van der Waals surface area (Å²) in [6.45, 7) is 4.13. The van der Waals surface area contributed by atoms with Crippen molar-refractivity contribution in [1.29, 1.82) is 0 Å². The molecule has 5 heteroatoms. The van der Waals surface area contributed by atoms with Crippen LogP contribution >= 0.6 is 15.9 Å². The van der Waals surface area contributed by atoms with Gasteiger partial charge in [-0.1, -0.05) is 15.9 Å². The fourth-order valence-electron chi connectivity index (χ4n) is 2.15. The minimum atomic E-state index is -0.0745. The van der Waals surface area contributed by atoms with Crippen LogP contribution in [0.15, 0.2) is 22.7 Å². The highest BCUT2D eigenvalue weighted by Crippen LogP contribution is 2.27. The Morgan fingerprint density at radius 2 is 2.10 bits per heavy atom. The lowest BCUT2D eigenvalue weighted by Gasteiger charge is -2.20. The summed E-state index contributed by atoms with van der Waals surface area (Å²) in [4.78, 5) is 25.5. The fourth-order valence-corrected chi connectivity index (χ4v) is 2.49. The molecule has 0 radical (unpaired) electrons. The van der Waals surface area contributed by atoms with Crippen LogP contribution < -0.4 is 4.74 Å². The standard InChI is InChI=1S/C15H18BrNO3/c1-3-17(12-5-6-12)15(19)9-20-14-8-11(16)4-7-13(14)10(2)18/h4,7-8,12H,3,5-6,9H2,1-2H3. The minimum absolute atomic E-state index is 0.0236. The van der Waals surface area contributed by atoms with Crippen LogP contribution in [0.2, 0.25) is 0 Å². The Hall–Kier alpha value is -1.36. The van der Waals surface area contributed by atoms with Crippen LogP contribution in [0.5, 0.6) is 5.75 Å². The first-order valence-electron chi connectivity index (χ1n) is 6.75. The first kappa shape index (κ1) is 15.0. The van der Waals surface area contributed by atoms with Gasteiger partial charge in [0, 0.05) is 17.1 Å². The Balaban J connectivity index is 2.04. The van der Waals surface area contributed by atoms with E-state index in [0.717, 1.165) is 17.3 Å². The van der Waals surface area contributed by atoms with E-state index < -0.39 is 0 Å². The van der Waals surface area contributed by atoms with Crippen LogP contribution in [0, 0.1) is 0 Å². The van der Waals surface area contributed by atoms with Gasteiger partial charge >= 0.3 is 0 Å². The van der Waals surface area contributed by atoms with Gasteiger partial charge in [-0.3, -0.25) is 9.59 Å². The van der Waals surface area contributed by atoms with Gasteiger partial charge in [0.15, 0.2) is 12.4 Å². The molecule has 2 rings (SSSR count). The molecule has 20 heavy (non-hydrogen) atoms. The zero-order chi connectivity index (χ0) is 14.7. The van der Waals surface area contributed by atoms with Gasteiger partial charge in [0.1, 0.15) is 5.75 Å². The lowest BCUT2D eigenvalue weighted by molar-refractivity contribution is -0.133. The van der Waals surface area contributed by atoms with Crippen molar-refractivity contribution in [2.24, 2.45) is 0 Å². The molecular weight excluding hydrogens is 322 g/mol. The van der Waals surface area contributed by atoms with Gasteiger partial charge in [-0.2, -0.15) is 0 Å². The molecule has 0 aliphatic heterocycles. The highest BCUT2D eigenvalue weighted by molar-refractivity contribution is 9.10. The third-order valence-corrected chi connectivity index (χ3v) is 3.82. The number of nitrogens with zero attached hydrogens (tertiary/aromatic N) is 1. The number of hydrogen-bond donors (Lipinski definition) is 0. The van der Waals surface area contributed by atoms with Crippen molar-refractivity contribution in [1.82, 2.24) is 4.90 Å². The number of ketones is 1. The molecule has 4 nitrogen and oxygen atoms in total. The van der Waals surface area contributed by atoms with Crippen molar-refractivity contribution in [3.8, 4) is 5.75 Å². The zero-order valence-electron chi connectivity index (χ0n) is 11.7. The maximum atomic E-state index is 12.1. The number of carbonyl (C=O) groups excluding carboxylic acids is 2. The smallest absolute Gasteiger partial charge is 0.260 e. The molecule has 0 bridgehead atoms. The second kappa shape index (κ2) is 6.39. The lowest BCUT2D eigenvalue weighted by Crippen LogP contribution is -2.36. The number of likely N-dealkylation sites (N-methyl/N-ethyl adjacent to an activating group) is 1. The maximum Gasteiger partial charge on any atom is 0.260 e. The number of rotatable bonds is 6. The molecule has 0 unspecified atom stereocenters. The average molecular weight is 340 g/mol. The molecule has 0 heterocycles. The van der Waals surface area contributed by atoms with Crippen LogP contribution in [-0.4, -0.2) is 35.8 Å². The number of Topliss-reactive ketones (excluding diaryl/α,β-unsaturated/α-hetero) is 1. The van der Waals surface area contributed by atoms with Gasteiger partial charge in [-0.25, -0.2) is 0 Å². The number of halogens is 1. The number of amides is 1. The molecule has 1 aromatic carbocycles. The Labute approximate surface area is 127 Å². The SMILES string of the molecule is CCN(C(=O)COc1cc(Br)ccc1C(C)=O)C1CC1. The second-order valence-corrected chi connectivity index (χ2v) is 5.81. The zero-order valence-corrected chi connectivity index (χ0v) is 13.3. The molecule has 1 saturated carbocycles. The van der Waals surface area contributed by atoms with Gasteiger partial charge in [0.05, 0.1) is 5.56 Å². The van der Waals surface area contributed by atoms with Gasteiger partial charge < -0.3 is 9.64 Å². The van der Waals surface area contributed by atoms with Crippen LogP contribution in [-0.2, 0) is 4.79 Å². The molecular formula is C15H18BrNO3. The normalized spacial score (nSPS) is 13.9. The van der Waals surface area contributed by atoms with Crippen LogP contribution in [0.1, 0.15) is 37.0 Å².